The van der Waals surface area contributed by atoms with E-state index in [4.69, 9.17) is 11.6 Å². The molecule has 0 atom stereocenters. The molecule has 0 aromatic heterocycles. The van der Waals surface area contributed by atoms with Crippen LogP contribution in [0.15, 0.2) is 54.6 Å². The van der Waals surface area contributed by atoms with Crippen molar-refractivity contribution in [3.8, 4) is 11.1 Å². The summed E-state index contributed by atoms with van der Waals surface area (Å²) in [5.74, 6) is 1.06. The van der Waals surface area contributed by atoms with Crippen LogP contribution in [0.5, 0.6) is 0 Å². The summed E-state index contributed by atoms with van der Waals surface area (Å²) in [6.45, 7) is 2.10. The van der Waals surface area contributed by atoms with E-state index in [0.717, 1.165) is 17.0 Å². The van der Waals surface area contributed by atoms with Crippen LogP contribution in [-0.4, -0.2) is 0 Å². The molecular formula is C21H22ClF. The highest BCUT2D eigenvalue weighted by Crippen LogP contribution is 2.37. The summed E-state index contributed by atoms with van der Waals surface area (Å²) in [7, 11) is 0. The maximum atomic E-state index is 13.3. The second-order valence-electron chi connectivity index (χ2n) is 6.39. The lowest BCUT2D eigenvalue weighted by Gasteiger charge is -2.27. The molecule has 0 spiro atoms. The molecule has 1 fully saturated rings. The number of rotatable bonds is 3. The van der Waals surface area contributed by atoms with E-state index < -0.39 is 0 Å². The van der Waals surface area contributed by atoms with E-state index in [2.05, 4.69) is 43.3 Å². The predicted octanol–water partition coefficient (Wildman–Crippen LogP) is 7.00. The lowest BCUT2D eigenvalue weighted by atomic mass is 9.78. The van der Waals surface area contributed by atoms with E-state index in [1.54, 1.807) is 12.1 Å². The highest BCUT2D eigenvalue weighted by Gasteiger charge is 2.20. The molecule has 3 rings (SSSR count). The standard InChI is InChI=1S/C21H22ClF/c1-2-3-15-4-6-16(7-5-15)17-8-10-18(11-9-17)19-12-13-21(23)20(22)14-19/h2-3,8-16H,4-7H2,1H3. The quantitative estimate of drug-likeness (QED) is 0.532. The van der Waals surface area contributed by atoms with E-state index in [0.29, 0.717) is 5.92 Å². The highest BCUT2D eigenvalue weighted by atomic mass is 35.5. The Bertz CT molecular complexity index is 679. The third kappa shape index (κ3) is 3.84. The molecule has 1 aliphatic carbocycles. The molecule has 0 radical (unpaired) electrons. The van der Waals surface area contributed by atoms with Crippen LogP contribution >= 0.6 is 11.6 Å². The van der Waals surface area contributed by atoms with Gasteiger partial charge in [-0.2, -0.15) is 0 Å². The predicted molar refractivity (Wildman–Crippen MR) is 96.4 cm³/mol. The van der Waals surface area contributed by atoms with Gasteiger partial charge in [-0.1, -0.05) is 54.1 Å². The number of hydrogen-bond donors (Lipinski definition) is 0. The Morgan fingerprint density at radius 2 is 1.61 bits per heavy atom. The van der Waals surface area contributed by atoms with Crippen LogP contribution in [0.25, 0.3) is 11.1 Å². The van der Waals surface area contributed by atoms with E-state index in [1.807, 2.05) is 0 Å². The summed E-state index contributed by atoms with van der Waals surface area (Å²) in [4.78, 5) is 0. The van der Waals surface area contributed by atoms with Crippen LogP contribution < -0.4 is 0 Å². The average molecular weight is 329 g/mol. The third-order valence-corrected chi connectivity index (χ3v) is 5.16. The van der Waals surface area contributed by atoms with Crippen LogP contribution in [0.4, 0.5) is 4.39 Å². The second-order valence-corrected chi connectivity index (χ2v) is 6.80. The molecule has 2 aromatic rings. The van der Waals surface area contributed by atoms with Crippen molar-refractivity contribution in [3.05, 3.63) is 71.0 Å². The summed E-state index contributed by atoms with van der Waals surface area (Å²) in [5, 5.41) is 0.175. The van der Waals surface area contributed by atoms with Gasteiger partial charge in [-0.05, 0) is 73.3 Å². The molecule has 2 heteroatoms. The molecule has 0 N–H and O–H groups in total. The van der Waals surface area contributed by atoms with Gasteiger partial charge in [0, 0.05) is 0 Å². The van der Waals surface area contributed by atoms with Crippen LogP contribution in [0.1, 0.15) is 44.1 Å². The summed E-state index contributed by atoms with van der Waals surface area (Å²) in [5.41, 5.74) is 3.46. The maximum absolute atomic E-state index is 13.3. The van der Waals surface area contributed by atoms with Gasteiger partial charge < -0.3 is 0 Å². The van der Waals surface area contributed by atoms with Crippen molar-refractivity contribution in [1.29, 1.82) is 0 Å². The monoisotopic (exact) mass is 328 g/mol. The molecule has 120 valence electrons. The highest BCUT2D eigenvalue weighted by molar-refractivity contribution is 6.31. The van der Waals surface area contributed by atoms with Crippen LogP contribution in [0, 0.1) is 11.7 Å². The first-order valence-electron chi connectivity index (χ1n) is 8.35. The Balaban J connectivity index is 1.71. The Labute approximate surface area is 143 Å². The van der Waals surface area contributed by atoms with Crippen LogP contribution in [0.3, 0.4) is 0 Å². The van der Waals surface area contributed by atoms with Gasteiger partial charge in [0.05, 0.1) is 5.02 Å². The van der Waals surface area contributed by atoms with Crippen LogP contribution in [-0.2, 0) is 0 Å². The summed E-state index contributed by atoms with van der Waals surface area (Å²) < 4.78 is 13.3. The molecular weight excluding hydrogens is 307 g/mol. The minimum Gasteiger partial charge on any atom is -0.205 e. The van der Waals surface area contributed by atoms with Gasteiger partial charge in [-0.25, -0.2) is 4.39 Å². The van der Waals surface area contributed by atoms with Gasteiger partial charge in [-0.3, -0.25) is 0 Å². The smallest absolute Gasteiger partial charge is 0.141 e. The van der Waals surface area contributed by atoms with Crippen LogP contribution in [0.2, 0.25) is 5.02 Å². The fourth-order valence-corrected chi connectivity index (χ4v) is 3.72. The Hall–Kier alpha value is -1.60. The number of allylic oxidation sites excluding steroid dienone is 2. The summed E-state index contributed by atoms with van der Waals surface area (Å²) in [6, 6.07) is 13.6. The lowest BCUT2D eigenvalue weighted by molar-refractivity contribution is 0.376. The van der Waals surface area contributed by atoms with Gasteiger partial charge in [0.25, 0.3) is 0 Å². The van der Waals surface area contributed by atoms with E-state index in [-0.39, 0.29) is 10.8 Å². The zero-order valence-corrected chi connectivity index (χ0v) is 14.2. The fraction of sp³-hybridized carbons (Fsp3) is 0.333. The second kappa shape index (κ2) is 7.31. The molecule has 0 saturated heterocycles. The molecule has 1 aliphatic rings. The van der Waals surface area contributed by atoms with Crippen molar-refractivity contribution in [3.63, 3.8) is 0 Å². The van der Waals surface area contributed by atoms with Gasteiger partial charge in [0.15, 0.2) is 0 Å². The lowest BCUT2D eigenvalue weighted by Crippen LogP contribution is -2.11. The minimum absolute atomic E-state index is 0.175. The van der Waals surface area contributed by atoms with Crippen molar-refractivity contribution in [2.75, 3.05) is 0 Å². The minimum atomic E-state index is -0.370. The molecule has 0 bridgehead atoms. The molecule has 1 saturated carbocycles. The maximum Gasteiger partial charge on any atom is 0.141 e. The first kappa shape index (κ1) is 16.3. The van der Waals surface area contributed by atoms with E-state index in [9.17, 15) is 4.39 Å². The van der Waals surface area contributed by atoms with Crippen molar-refractivity contribution in [2.45, 2.75) is 38.5 Å². The van der Waals surface area contributed by atoms with E-state index >= 15 is 0 Å². The molecule has 0 aliphatic heterocycles. The average Bonchev–Trinajstić information content (AvgIpc) is 2.59. The van der Waals surface area contributed by atoms with E-state index in [1.165, 1.54) is 37.3 Å². The first-order chi connectivity index (χ1) is 11.2. The number of halogens is 2. The first-order valence-corrected chi connectivity index (χ1v) is 8.73. The SMILES string of the molecule is CC=CC1CCC(c2ccc(-c3ccc(F)c(Cl)c3)cc2)CC1. The van der Waals surface area contributed by atoms with Gasteiger partial charge in [-0.15, -0.1) is 0 Å². The summed E-state index contributed by atoms with van der Waals surface area (Å²) >= 11 is 5.88. The zero-order chi connectivity index (χ0) is 16.2. The largest absolute Gasteiger partial charge is 0.205 e. The Kier molecular flexibility index (Phi) is 5.17. The Morgan fingerprint density at radius 3 is 2.22 bits per heavy atom. The zero-order valence-electron chi connectivity index (χ0n) is 13.4. The molecule has 0 unspecified atom stereocenters. The number of benzene rings is 2. The van der Waals surface area contributed by atoms with Gasteiger partial charge in [0.2, 0.25) is 0 Å². The normalized spacial score (nSPS) is 21.7. The van der Waals surface area contributed by atoms with Gasteiger partial charge in [0.1, 0.15) is 5.82 Å². The molecule has 2 aromatic carbocycles. The third-order valence-electron chi connectivity index (χ3n) is 4.87. The molecule has 0 heterocycles. The molecule has 0 nitrogen and oxygen atoms in total. The Morgan fingerprint density at radius 1 is 0.957 bits per heavy atom. The molecule has 0 amide bonds. The topological polar surface area (TPSA) is 0 Å². The van der Waals surface area contributed by atoms with Crippen molar-refractivity contribution < 1.29 is 4.39 Å². The fourth-order valence-electron chi connectivity index (χ4n) is 3.54. The van der Waals surface area contributed by atoms with Crippen molar-refractivity contribution in [2.24, 2.45) is 5.92 Å². The molecule has 23 heavy (non-hydrogen) atoms. The van der Waals surface area contributed by atoms with Crippen molar-refractivity contribution >= 4 is 11.6 Å². The number of hydrogen-bond acceptors (Lipinski definition) is 0. The summed E-state index contributed by atoms with van der Waals surface area (Å²) in [6.07, 6.45) is 9.60. The van der Waals surface area contributed by atoms with Gasteiger partial charge >= 0.3 is 0 Å². The van der Waals surface area contributed by atoms with Crippen molar-refractivity contribution in [1.82, 2.24) is 0 Å².